The Bertz CT molecular complexity index is 811. The number of carbonyl (C=O) groups excluding carboxylic acids is 2. The molecule has 0 bridgehead atoms. The van der Waals surface area contributed by atoms with Crippen molar-refractivity contribution in [3.05, 3.63) is 72.8 Å². The fourth-order valence-corrected chi connectivity index (χ4v) is 3.52. The van der Waals surface area contributed by atoms with Gasteiger partial charge < -0.3 is 9.47 Å². The highest BCUT2D eigenvalue weighted by atomic mass is 32.2. The van der Waals surface area contributed by atoms with Crippen LogP contribution in [0.3, 0.4) is 0 Å². The molecule has 0 spiro atoms. The zero-order valence-corrected chi connectivity index (χ0v) is 18.9. The molecule has 0 saturated carbocycles. The molecule has 0 aromatic heterocycles. The lowest BCUT2D eigenvalue weighted by Crippen LogP contribution is -2.03. The molecular formula is C24H26O4S2. The van der Waals surface area contributed by atoms with E-state index < -0.39 is 0 Å². The van der Waals surface area contributed by atoms with E-state index in [-0.39, 0.29) is 10.2 Å². The van der Waals surface area contributed by atoms with Crippen LogP contribution in [0.4, 0.5) is 0 Å². The summed E-state index contributed by atoms with van der Waals surface area (Å²) in [4.78, 5) is 23.0. The second-order valence-electron chi connectivity index (χ2n) is 6.58. The summed E-state index contributed by atoms with van der Waals surface area (Å²) in [5, 5.41) is 0.000886. The highest BCUT2D eigenvalue weighted by Crippen LogP contribution is 2.25. The maximum Gasteiger partial charge on any atom is 0.214 e. The number of hydrogen-bond donors (Lipinski definition) is 0. The fraction of sp³-hybridized carbons (Fsp3) is 0.250. The van der Waals surface area contributed by atoms with Crippen molar-refractivity contribution in [2.75, 3.05) is 24.7 Å². The molecule has 0 unspecified atom stereocenters. The molecule has 158 valence electrons. The second-order valence-corrected chi connectivity index (χ2v) is 8.71. The number of rotatable bonds is 11. The van der Waals surface area contributed by atoms with E-state index in [0.717, 1.165) is 22.6 Å². The number of carbonyl (C=O) groups is 2. The first-order valence-corrected chi connectivity index (χ1v) is 11.5. The van der Waals surface area contributed by atoms with Crippen LogP contribution in [0.2, 0.25) is 0 Å². The standard InChI is InChI=1S/C24H26O4S2/c1-17(2)23(25)29-15-13-27-21-9-5-19(6-10-21)20-7-11-22(12-8-20)28-14-16-30-24(26)18(3)4/h5-12H,1,3,13-16H2,2,4H3. The van der Waals surface area contributed by atoms with Gasteiger partial charge in [0.2, 0.25) is 10.2 Å². The zero-order valence-electron chi connectivity index (χ0n) is 17.3. The van der Waals surface area contributed by atoms with Crippen LogP contribution in [-0.4, -0.2) is 35.0 Å². The molecule has 0 aliphatic heterocycles. The largest absolute Gasteiger partial charge is 0.493 e. The SMILES string of the molecule is C=C(C)C(=O)SCCOc1ccc(-c2ccc(OCCSC(=O)C(=C)C)cc2)cc1. The van der Waals surface area contributed by atoms with Gasteiger partial charge in [0, 0.05) is 11.5 Å². The molecule has 0 heterocycles. The highest BCUT2D eigenvalue weighted by Gasteiger charge is 2.05. The first kappa shape index (κ1) is 23.8. The summed E-state index contributed by atoms with van der Waals surface area (Å²) in [6.07, 6.45) is 0. The normalized spacial score (nSPS) is 10.3. The van der Waals surface area contributed by atoms with E-state index >= 15 is 0 Å². The van der Waals surface area contributed by atoms with Gasteiger partial charge in [0.05, 0.1) is 13.2 Å². The Kier molecular flexibility index (Phi) is 9.77. The van der Waals surface area contributed by atoms with Crippen LogP contribution in [-0.2, 0) is 9.59 Å². The Hall–Kier alpha value is -2.44. The Balaban J connectivity index is 1.78. The topological polar surface area (TPSA) is 52.6 Å². The summed E-state index contributed by atoms with van der Waals surface area (Å²) in [6.45, 7) is 11.6. The van der Waals surface area contributed by atoms with E-state index in [1.165, 1.54) is 23.5 Å². The molecule has 4 nitrogen and oxygen atoms in total. The molecule has 0 radical (unpaired) electrons. The maximum atomic E-state index is 11.5. The molecule has 6 heteroatoms. The molecule has 0 saturated heterocycles. The Morgan fingerprint density at radius 2 is 1.03 bits per heavy atom. The summed E-state index contributed by atoms with van der Waals surface area (Å²) in [7, 11) is 0. The molecule has 2 rings (SSSR count). The lowest BCUT2D eigenvalue weighted by molar-refractivity contribution is -0.108. The molecular weight excluding hydrogens is 416 g/mol. The van der Waals surface area contributed by atoms with Gasteiger partial charge in [0.25, 0.3) is 0 Å². The monoisotopic (exact) mass is 442 g/mol. The molecule has 0 amide bonds. The number of hydrogen-bond acceptors (Lipinski definition) is 6. The van der Waals surface area contributed by atoms with Gasteiger partial charge in [-0.2, -0.15) is 0 Å². The van der Waals surface area contributed by atoms with Crippen molar-refractivity contribution >= 4 is 33.8 Å². The van der Waals surface area contributed by atoms with Crippen molar-refractivity contribution in [3.8, 4) is 22.6 Å². The average molecular weight is 443 g/mol. The van der Waals surface area contributed by atoms with Gasteiger partial charge in [-0.3, -0.25) is 9.59 Å². The Labute approximate surface area is 186 Å². The van der Waals surface area contributed by atoms with Gasteiger partial charge in [-0.25, -0.2) is 0 Å². The number of benzene rings is 2. The van der Waals surface area contributed by atoms with E-state index in [9.17, 15) is 9.59 Å². The Morgan fingerprint density at radius 1 is 0.700 bits per heavy atom. The predicted molar refractivity (Wildman–Crippen MR) is 127 cm³/mol. The van der Waals surface area contributed by atoms with E-state index in [0.29, 0.717) is 35.9 Å². The summed E-state index contributed by atoms with van der Waals surface area (Å²) >= 11 is 2.43. The van der Waals surface area contributed by atoms with Crippen LogP contribution < -0.4 is 9.47 Å². The van der Waals surface area contributed by atoms with E-state index in [4.69, 9.17) is 9.47 Å². The van der Waals surface area contributed by atoms with Gasteiger partial charge >= 0.3 is 0 Å². The van der Waals surface area contributed by atoms with Gasteiger partial charge in [-0.05, 0) is 60.4 Å². The molecule has 0 aliphatic rings. The molecule has 2 aromatic carbocycles. The minimum Gasteiger partial charge on any atom is -0.493 e. The number of ether oxygens (including phenoxy) is 2. The number of thioether (sulfide) groups is 2. The average Bonchev–Trinajstić information content (AvgIpc) is 2.74. The lowest BCUT2D eigenvalue weighted by Gasteiger charge is -2.09. The van der Waals surface area contributed by atoms with Crippen LogP contribution in [0.15, 0.2) is 72.8 Å². The van der Waals surface area contributed by atoms with Gasteiger partial charge in [-0.1, -0.05) is 60.9 Å². The lowest BCUT2D eigenvalue weighted by atomic mass is 10.1. The summed E-state index contributed by atoms with van der Waals surface area (Å²) < 4.78 is 11.4. The van der Waals surface area contributed by atoms with Crippen molar-refractivity contribution < 1.29 is 19.1 Å². The Morgan fingerprint density at radius 3 is 1.33 bits per heavy atom. The molecule has 0 N–H and O–H groups in total. The quantitative estimate of drug-likeness (QED) is 0.325. The van der Waals surface area contributed by atoms with Crippen molar-refractivity contribution in [1.82, 2.24) is 0 Å². The van der Waals surface area contributed by atoms with Gasteiger partial charge in [0.1, 0.15) is 11.5 Å². The molecule has 0 atom stereocenters. The highest BCUT2D eigenvalue weighted by molar-refractivity contribution is 8.14. The third-order valence-electron chi connectivity index (χ3n) is 3.91. The van der Waals surface area contributed by atoms with Crippen LogP contribution in [0.25, 0.3) is 11.1 Å². The van der Waals surface area contributed by atoms with Crippen molar-refractivity contribution in [3.63, 3.8) is 0 Å². The summed E-state index contributed by atoms with van der Waals surface area (Å²) in [6, 6.07) is 15.7. The smallest absolute Gasteiger partial charge is 0.214 e. The van der Waals surface area contributed by atoms with Crippen LogP contribution in [0.1, 0.15) is 13.8 Å². The second kappa shape index (κ2) is 12.3. The molecule has 0 aliphatic carbocycles. The van der Waals surface area contributed by atoms with E-state index in [1.807, 2.05) is 48.5 Å². The summed E-state index contributed by atoms with van der Waals surface area (Å²) in [5.41, 5.74) is 3.25. The van der Waals surface area contributed by atoms with Gasteiger partial charge in [-0.15, -0.1) is 0 Å². The molecule has 0 fully saturated rings. The third kappa shape index (κ3) is 8.13. The van der Waals surface area contributed by atoms with Crippen molar-refractivity contribution in [2.45, 2.75) is 13.8 Å². The first-order valence-electron chi connectivity index (χ1n) is 9.48. The van der Waals surface area contributed by atoms with Crippen LogP contribution in [0.5, 0.6) is 11.5 Å². The van der Waals surface area contributed by atoms with Crippen molar-refractivity contribution in [2.24, 2.45) is 0 Å². The molecule has 30 heavy (non-hydrogen) atoms. The van der Waals surface area contributed by atoms with Crippen LogP contribution >= 0.6 is 23.5 Å². The van der Waals surface area contributed by atoms with E-state index in [1.54, 1.807) is 13.8 Å². The minimum absolute atomic E-state index is 0.000443. The van der Waals surface area contributed by atoms with E-state index in [2.05, 4.69) is 13.2 Å². The third-order valence-corrected chi connectivity index (χ3v) is 5.87. The minimum atomic E-state index is 0.000443. The molecule has 2 aromatic rings. The van der Waals surface area contributed by atoms with Crippen LogP contribution in [0, 0.1) is 0 Å². The zero-order chi connectivity index (χ0) is 21.9. The summed E-state index contributed by atoms with van der Waals surface area (Å²) in [5.74, 6) is 2.72. The van der Waals surface area contributed by atoms with Crippen molar-refractivity contribution in [1.29, 1.82) is 0 Å². The fourth-order valence-electron chi connectivity index (χ4n) is 2.32. The predicted octanol–water partition coefficient (Wildman–Crippen LogP) is 5.78. The maximum absolute atomic E-state index is 11.5. The van der Waals surface area contributed by atoms with Gasteiger partial charge in [0.15, 0.2) is 0 Å². The first-order chi connectivity index (χ1) is 14.4.